The third-order valence-corrected chi connectivity index (χ3v) is 3.52. The van der Waals surface area contributed by atoms with Gasteiger partial charge < -0.3 is 9.64 Å². The Morgan fingerprint density at radius 2 is 2.12 bits per heavy atom. The molecule has 0 aliphatic carbocycles. The standard InChI is InChI=1S/C13H18N2O2/c1-13(12(16)17-2)6-9-15(10-7-13)11-5-3-4-8-14-11/h3-5,8H,6-7,9-10H2,1-2H3. The molecule has 0 atom stereocenters. The molecule has 0 radical (unpaired) electrons. The van der Waals surface area contributed by atoms with Crippen molar-refractivity contribution in [2.75, 3.05) is 25.1 Å². The van der Waals surface area contributed by atoms with Crippen LogP contribution >= 0.6 is 0 Å². The van der Waals surface area contributed by atoms with E-state index in [9.17, 15) is 4.79 Å². The molecule has 92 valence electrons. The number of aromatic nitrogens is 1. The smallest absolute Gasteiger partial charge is 0.311 e. The van der Waals surface area contributed by atoms with E-state index in [2.05, 4.69) is 9.88 Å². The van der Waals surface area contributed by atoms with Gasteiger partial charge in [0, 0.05) is 19.3 Å². The molecule has 1 aromatic heterocycles. The van der Waals surface area contributed by atoms with Gasteiger partial charge in [0.1, 0.15) is 5.82 Å². The maximum atomic E-state index is 11.7. The molecule has 4 nitrogen and oxygen atoms in total. The van der Waals surface area contributed by atoms with Crippen LogP contribution in [0.2, 0.25) is 0 Å². The molecule has 1 aliphatic rings. The van der Waals surface area contributed by atoms with Crippen LogP contribution in [-0.4, -0.2) is 31.2 Å². The number of pyridine rings is 1. The molecular formula is C13H18N2O2. The van der Waals surface area contributed by atoms with Gasteiger partial charge in [-0.05, 0) is 31.9 Å². The number of piperidine rings is 1. The van der Waals surface area contributed by atoms with Crippen molar-refractivity contribution >= 4 is 11.8 Å². The Morgan fingerprint density at radius 3 is 2.65 bits per heavy atom. The van der Waals surface area contributed by atoms with E-state index >= 15 is 0 Å². The highest BCUT2D eigenvalue weighted by atomic mass is 16.5. The van der Waals surface area contributed by atoms with E-state index in [1.807, 2.05) is 25.1 Å². The van der Waals surface area contributed by atoms with Gasteiger partial charge in [-0.2, -0.15) is 0 Å². The van der Waals surface area contributed by atoms with Gasteiger partial charge in [-0.3, -0.25) is 4.79 Å². The zero-order valence-electron chi connectivity index (χ0n) is 10.3. The Hall–Kier alpha value is -1.58. The molecule has 0 amide bonds. The first kappa shape index (κ1) is 11.9. The van der Waals surface area contributed by atoms with E-state index in [0.29, 0.717) is 0 Å². The third-order valence-electron chi connectivity index (χ3n) is 3.52. The highest BCUT2D eigenvalue weighted by molar-refractivity contribution is 5.76. The number of ether oxygens (including phenoxy) is 1. The molecule has 2 heterocycles. The van der Waals surface area contributed by atoms with Crippen molar-refractivity contribution in [1.29, 1.82) is 0 Å². The summed E-state index contributed by atoms with van der Waals surface area (Å²) in [7, 11) is 1.46. The Labute approximate surface area is 102 Å². The van der Waals surface area contributed by atoms with Gasteiger partial charge in [-0.1, -0.05) is 6.07 Å². The van der Waals surface area contributed by atoms with Crippen LogP contribution in [0.25, 0.3) is 0 Å². The minimum atomic E-state index is -0.333. The van der Waals surface area contributed by atoms with Gasteiger partial charge in [0.2, 0.25) is 0 Å². The lowest BCUT2D eigenvalue weighted by Gasteiger charge is -2.37. The van der Waals surface area contributed by atoms with Crippen LogP contribution in [0, 0.1) is 5.41 Å². The Kier molecular flexibility index (Phi) is 3.31. The normalized spacial score (nSPS) is 18.8. The zero-order chi connectivity index (χ0) is 12.3. The van der Waals surface area contributed by atoms with E-state index in [1.54, 1.807) is 6.20 Å². The summed E-state index contributed by atoms with van der Waals surface area (Å²) in [4.78, 5) is 18.2. The molecule has 1 aliphatic heterocycles. The molecule has 2 rings (SSSR count). The Balaban J connectivity index is 2.01. The number of methoxy groups -OCH3 is 1. The second kappa shape index (κ2) is 4.73. The summed E-state index contributed by atoms with van der Waals surface area (Å²) < 4.78 is 4.86. The van der Waals surface area contributed by atoms with Crippen molar-refractivity contribution < 1.29 is 9.53 Å². The molecule has 4 heteroatoms. The van der Waals surface area contributed by atoms with Crippen LogP contribution in [0.15, 0.2) is 24.4 Å². The van der Waals surface area contributed by atoms with Crippen molar-refractivity contribution in [3.63, 3.8) is 0 Å². The predicted molar refractivity (Wildman–Crippen MR) is 65.8 cm³/mol. The van der Waals surface area contributed by atoms with E-state index in [0.717, 1.165) is 31.7 Å². The lowest BCUT2D eigenvalue weighted by atomic mass is 9.80. The Bertz CT molecular complexity index is 384. The quantitative estimate of drug-likeness (QED) is 0.732. The summed E-state index contributed by atoms with van der Waals surface area (Å²) in [6.45, 7) is 3.68. The molecule has 0 spiro atoms. The number of carbonyl (C=O) groups excluding carboxylic acids is 1. The highest BCUT2D eigenvalue weighted by Crippen LogP contribution is 2.33. The summed E-state index contributed by atoms with van der Waals surface area (Å²) in [6, 6.07) is 5.89. The van der Waals surface area contributed by atoms with Crippen molar-refractivity contribution in [1.82, 2.24) is 4.98 Å². The molecule has 0 unspecified atom stereocenters. The molecular weight excluding hydrogens is 216 g/mol. The van der Waals surface area contributed by atoms with E-state index in [1.165, 1.54) is 7.11 Å². The number of hydrogen-bond acceptors (Lipinski definition) is 4. The minimum Gasteiger partial charge on any atom is -0.469 e. The van der Waals surface area contributed by atoms with E-state index in [-0.39, 0.29) is 11.4 Å². The van der Waals surface area contributed by atoms with Crippen LogP contribution in [0.4, 0.5) is 5.82 Å². The fourth-order valence-electron chi connectivity index (χ4n) is 2.22. The molecule has 0 aromatic carbocycles. The molecule has 0 bridgehead atoms. The number of rotatable bonds is 2. The fraction of sp³-hybridized carbons (Fsp3) is 0.538. The molecule has 17 heavy (non-hydrogen) atoms. The number of esters is 1. The second-order valence-corrected chi connectivity index (χ2v) is 4.73. The summed E-state index contributed by atoms with van der Waals surface area (Å²) in [6.07, 6.45) is 3.43. The first-order valence-corrected chi connectivity index (χ1v) is 5.90. The van der Waals surface area contributed by atoms with Crippen molar-refractivity contribution in [2.24, 2.45) is 5.41 Å². The fourth-order valence-corrected chi connectivity index (χ4v) is 2.22. The SMILES string of the molecule is COC(=O)C1(C)CCN(c2ccccn2)CC1. The lowest BCUT2D eigenvalue weighted by molar-refractivity contribution is -0.152. The Morgan fingerprint density at radius 1 is 1.41 bits per heavy atom. The van der Waals surface area contributed by atoms with Gasteiger partial charge >= 0.3 is 5.97 Å². The number of anilines is 1. The zero-order valence-corrected chi connectivity index (χ0v) is 10.3. The monoisotopic (exact) mass is 234 g/mol. The molecule has 0 saturated carbocycles. The predicted octanol–water partition coefficient (Wildman–Crippen LogP) is 1.86. The van der Waals surface area contributed by atoms with Crippen LogP contribution < -0.4 is 4.90 Å². The van der Waals surface area contributed by atoms with E-state index in [4.69, 9.17) is 4.74 Å². The van der Waals surface area contributed by atoms with Crippen LogP contribution in [0.3, 0.4) is 0 Å². The largest absolute Gasteiger partial charge is 0.469 e. The summed E-state index contributed by atoms with van der Waals surface area (Å²) >= 11 is 0. The highest BCUT2D eigenvalue weighted by Gasteiger charge is 2.38. The topological polar surface area (TPSA) is 42.4 Å². The third kappa shape index (κ3) is 2.40. The molecule has 1 aromatic rings. The van der Waals surface area contributed by atoms with Gasteiger partial charge in [-0.15, -0.1) is 0 Å². The first-order valence-electron chi connectivity index (χ1n) is 5.90. The van der Waals surface area contributed by atoms with Crippen LogP contribution in [0.5, 0.6) is 0 Å². The maximum absolute atomic E-state index is 11.7. The van der Waals surface area contributed by atoms with Gasteiger partial charge in [0.15, 0.2) is 0 Å². The van der Waals surface area contributed by atoms with Gasteiger partial charge in [-0.25, -0.2) is 4.98 Å². The maximum Gasteiger partial charge on any atom is 0.311 e. The first-order chi connectivity index (χ1) is 8.15. The number of nitrogens with zero attached hydrogens (tertiary/aromatic N) is 2. The average Bonchev–Trinajstić information content (AvgIpc) is 2.39. The number of carbonyl (C=O) groups is 1. The van der Waals surface area contributed by atoms with Crippen LogP contribution in [0.1, 0.15) is 19.8 Å². The van der Waals surface area contributed by atoms with E-state index < -0.39 is 0 Å². The number of hydrogen-bond donors (Lipinski definition) is 0. The lowest BCUT2D eigenvalue weighted by Crippen LogP contribution is -2.43. The average molecular weight is 234 g/mol. The van der Waals surface area contributed by atoms with Crippen molar-refractivity contribution in [3.8, 4) is 0 Å². The molecule has 0 N–H and O–H groups in total. The molecule has 1 saturated heterocycles. The summed E-state index contributed by atoms with van der Waals surface area (Å²) in [5, 5.41) is 0. The van der Waals surface area contributed by atoms with Gasteiger partial charge in [0.05, 0.1) is 12.5 Å². The van der Waals surface area contributed by atoms with Gasteiger partial charge in [0.25, 0.3) is 0 Å². The second-order valence-electron chi connectivity index (χ2n) is 4.73. The summed E-state index contributed by atoms with van der Waals surface area (Å²) in [5.74, 6) is 0.887. The van der Waals surface area contributed by atoms with Crippen LogP contribution in [-0.2, 0) is 9.53 Å². The van der Waals surface area contributed by atoms with Crippen molar-refractivity contribution in [2.45, 2.75) is 19.8 Å². The molecule has 1 fully saturated rings. The minimum absolute atomic E-state index is 0.0989. The van der Waals surface area contributed by atoms with Crippen molar-refractivity contribution in [3.05, 3.63) is 24.4 Å². The summed E-state index contributed by atoms with van der Waals surface area (Å²) in [5.41, 5.74) is -0.333.